The van der Waals surface area contributed by atoms with Crippen LogP contribution in [0.25, 0.3) is 10.1 Å². The molecule has 0 radical (unpaired) electrons. The third-order valence-corrected chi connectivity index (χ3v) is 16.5. The number of benzene rings is 7. The molecule has 342 valence electrons. The van der Waals surface area contributed by atoms with Gasteiger partial charge in [-0.2, -0.15) is 0 Å². The smallest absolute Gasteiger partial charge is 0.264 e. The van der Waals surface area contributed by atoms with Gasteiger partial charge in [0.15, 0.2) is 0 Å². The highest BCUT2D eigenvalue weighted by Gasteiger charge is 2.48. The molecule has 2 aliphatic heterocycles. The van der Waals surface area contributed by atoms with Gasteiger partial charge in [-0.3, -0.25) is 0 Å². The van der Waals surface area contributed by atoms with E-state index in [-0.39, 0.29) is 33.8 Å². The molecule has 1 aliphatic carbocycles. The molecular weight excluding hydrogens is 842 g/mol. The Labute approximate surface area is 410 Å². The molecule has 5 heteroatoms. The molecule has 3 heterocycles. The van der Waals surface area contributed by atoms with Crippen molar-refractivity contribution < 1.29 is 0 Å². The molecule has 0 amide bonds. The summed E-state index contributed by atoms with van der Waals surface area (Å²) in [6, 6.07) is 58.4. The van der Waals surface area contributed by atoms with Gasteiger partial charge < -0.3 is 14.7 Å². The fourth-order valence-electron chi connectivity index (χ4n) is 11.9. The second-order valence-corrected chi connectivity index (χ2v) is 25.4. The van der Waals surface area contributed by atoms with Gasteiger partial charge >= 0.3 is 0 Å². The van der Waals surface area contributed by atoms with Crippen LogP contribution < -0.4 is 30.4 Å². The van der Waals surface area contributed by atoms with Gasteiger partial charge in [-0.25, -0.2) is 0 Å². The summed E-state index contributed by atoms with van der Waals surface area (Å²) in [5.74, 6) is 0. The minimum atomic E-state index is -0.0383. The van der Waals surface area contributed by atoms with Crippen molar-refractivity contribution in [3.05, 3.63) is 179 Å². The Hall–Kier alpha value is -6.04. The maximum atomic E-state index is 2.69. The molecule has 1 aromatic heterocycles. The first-order valence-electron chi connectivity index (χ1n) is 24.8. The fraction of sp³-hybridized carbons (Fsp3) is 0.302. The first-order valence-corrected chi connectivity index (χ1v) is 25.6. The highest BCUT2D eigenvalue weighted by atomic mass is 32.1. The van der Waals surface area contributed by atoms with Crippen LogP contribution in [0.2, 0.25) is 0 Å². The molecule has 0 unspecified atom stereocenters. The number of rotatable bonds is 5. The lowest BCUT2D eigenvalue weighted by molar-refractivity contribution is 0.403. The van der Waals surface area contributed by atoms with Crippen LogP contribution >= 0.6 is 11.3 Å². The van der Waals surface area contributed by atoms with Crippen LogP contribution in [0, 0.1) is 0 Å². The molecule has 7 aromatic carbocycles. The minimum Gasteiger partial charge on any atom is -0.311 e. The Kier molecular flexibility index (Phi) is 9.96. The van der Waals surface area contributed by atoms with Gasteiger partial charge in [0.1, 0.15) is 0 Å². The second kappa shape index (κ2) is 15.2. The lowest BCUT2D eigenvalue weighted by Gasteiger charge is -2.44. The van der Waals surface area contributed by atoms with E-state index in [9.17, 15) is 0 Å². The summed E-state index contributed by atoms with van der Waals surface area (Å²) < 4.78 is 2.74. The van der Waals surface area contributed by atoms with E-state index in [1.165, 1.54) is 82.0 Å². The van der Waals surface area contributed by atoms with Crippen LogP contribution in [0.4, 0.5) is 51.2 Å². The van der Waals surface area contributed by atoms with E-state index in [0.717, 1.165) is 29.2 Å². The summed E-state index contributed by atoms with van der Waals surface area (Å²) in [6.45, 7) is 30.8. The molecule has 3 aliphatic rings. The maximum Gasteiger partial charge on any atom is 0.264 e. The highest BCUT2D eigenvalue weighted by molar-refractivity contribution is 7.33. The molecule has 0 fully saturated rings. The molecule has 0 saturated heterocycles. The number of hydrogen-bond acceptors (Lipinski definition) is 4. The summed E-state index contributed by atoms with van der Waals surface area (Å²) in [6.07, 6.45) is 1.12. The van der Waals surface area contributed by atoms with E-state index < -0.39 is 0 Å². The summed E-state index contributed by atoms with van der Waals surface area (Å²) in [5, 5.41) is 1.33. The normalized spacial score (nSPS) is 15.8. The van der Waals surface area contributed by atoms with Crippen molar-refractivity contribution in [3.8, 4) is 0 Å². The molecule has 11 rings (SSSR count). The molecular formula is C63H66BN3S. The number of fused-ring (bicyclic) bond motifs is 7. The van der Waals surface area contributed by atoms with Crippen LogP contribution in [0.5, 0.6) is 0 Å². The fourth-order valence-corrected chi connectivity index (χ4v) is 13.2. The Balaban J connectivity index is 1.30. The average molecular weight is 908 g/mol. The maximum absolute atomic E-state index is 2.69. The number of anilines is 9. The van der Waals surface area contributed by atoms with Crippen LogP contribution in [-0.2, 0) is 27.1 Å². The zero-order valence-corrected chi connectivity index (χ0v) is 43.3. The van der Waals surface area contributed by atoms with Crippen LogP contribution in [0.1, 0.15) is 124 Å². The van der Waals surface area contributed by atoms with Gasteiger partial charge in [0, 0.05) is 54.7 Å². The molecule has 0 spiro atoms. The van der Waals surface area contributed by atoms with E-state index >= 15 is 0 Å². The number of nitrogens with zero attached hydrogens (tertiary/aromatic N) is 3. The van der Waals surface area contributed by atoms with Crippen molar-refractivity contribution in [2.24, 2.45) is 0 Å². The molecule has 0 bridgehead atoms. The van der Waals surface area contributed by atoms with Gasteiger partial charge in [-0.05, 0) is 151 Å². The zero-order chi connectivity index (χ0) is 47.9. The molecule has 0 saturated carbocycles. The van der Waals surface area contributed by atoms with Crippen molar-refractivity contribution in [3.63, 3.8) is 0 Å². The van der Waals surface area contributed by atoms with E-state index in [0.29, 0.717) is 0 Å². The summed E-state index contributed by atoms with van der Waals surface area (Å²) >= 11 is 1.99. The zero-order valence-electron chi connectivity index (χ0n) is 42.5. The van der Waals surface area contributed by atoms with Crippen LogP contribution in [0.15, 0.2) is 152 Å². The monoisotopic (exact) mass is 908 g/mol. The largest absolute Gasteiger partial charge is 0.311 e. The third kappa shape index (κ3) is 7.13. The average Bonchev–Trinajstić information content (AvgIpc) is 3.75. The van der Waals surface area contributed by atoms with Crippen LogP contribution in [-0.4, -0.2) is 6.71 Å². The molecule has 0 atom stereocenters. The molecule has 68 heavy (non-hydrogen) atoms. The Bertz CT molecular complexity index is 3230. The first kappa shape index (κ1) is 44.5. The second-order valence-electron chi connectivity index (χ2n) is 24.3. The standard InChI is InChI=1S/C63H66BN3S/c1-59(2,3)40-24-28-45(29-25-40)66-52-32-26-42(61(7,8)9)35-51(52)64-56-53(66)37-47(65(43-20-16-14-17-21-43)44-22-18-15-19-23-44)38-54(56)67(46-30-31-49-50(36-46)63(12,13)39-62(49,10)11)57-48-34-41(60(4,5)6)27-33-55(48)68-58(57)64/h14-38H,39H2,1-13H3. The van der Waals surface area contributed by atoms with E-state index in [1.807, 2.05) is 11.3 Å². The van der Waals surface area contributed by atoms with Crippen molar-refractivity contribution in [2.75, 3.05) is 14.7 Å². The predicted molar refractivity (Wildman–Crippen MR) is 297 cm³/mol. The SMILES string of the molecule is CC(C)(C)c1ccc(N2c3ccc(C(C)(C)C)cc3B3c4sc5ccc(C(C)(C)C)cc5c4N(c4ccc5c(c4)C(C)(C)CC5(C)C)c4cc(N(c5ccccc5)c5ccccc5)cc2c43)cc1. The number of hydrogen-bond donors (Lipinski definition) is 0. The van der Waals surface area contributed by atoms with Gasteiger partial charge in [0.05, 0.1) is 11.4 Å². The van der Waals surface area contributed by atoms with E-state index in [4.69, 9.17) is 0 Å². The summed E-state index contributed by atoms with van der Waals surface area (Å²) in [5.41, 5.74) is 20.5. The Morgan fingerprint density at radius 2 is 1.01 bits per heavy atom. The molecule has 0 N–H and O–H groups in total. The minimum absolute atomic E-state index is 0.00453. The van der Waals surface area contributed by atoms with Gasteiger partial charge in [-0.1, -0.05) is 163 Å². The van der Waals surface area contributed by atoms with E-state index in [2.05, 4.69) is 256 Å². The van der Waals surface area contributed by atoms with E-state index in [1.54, 1.807) is 0 Å². The lowest BCUT2D eigenvalue weighted by Crippen LogP contribution is -2.60. The first-order chi connectivity index (χ1) is 32.1. The lowest BCUT2D eigenvalue weighted by atomic mass is 9.36. The van der Waals surface area contributed by atoms with Crippen LogP contribution in [0.3, 0.4) is 0 Å². The summed E-state index contributed by atoms with van der Waals surface area (Å²) in [7, 11) is 0. The van der Waals surface area contributed by atoms with Crippen molar-refractivity contribution >= 4 is 95.0 Å². The van der Waals surface area contributed by atoms with Gasteiger partial charge in [-0.15, -0.1) is 11.3 Å². The van der Waals surface area contributed by atoms with Gasteiger partial charge in [0.2, 0.25) is 0 Å². The number of thiophene rings is 1. The molecule has 3 nitrogen and oxygen atoms in total. The number of para-hydroxylation sites is 2. The van der Waals surface area contributed by atoms with Crippen molar-refractivity contribution in [1.82, 2.24) is 0 Å². The molecule has 8 aromatic rings. The van der Waals surface area contributed by atoms with Gasteiger partial charge in [0.25, 0.3) is 6.71 Å². The predicted octanol–water partition coefficient (Wildman–Crippen LogP) is 16.3. The quantitative estimate of drug-likeness (QED) is 0.159. The third-order valence-electron chi connectivity index (χ3n) is 15.3. The Morgan fingerprint density at radius 3 is 1.62 bits per heavy atom. The topological polar surface area (TPSA) is 9.72 Å². The van der Waals surface area contributed by atoms with Crippen molar-refractivity contribution in [1.29, 1.82) is 0 Å². The summed E-state index contributed by atoms with van der Waals surface area (Å²) in [4.78, 5) is 7.73. The van der Waals surface area contributed by atoms with Crippen molar-refractivity contribution in [2.45, 2.75) is 124 Å². The Morgan fingerprint density at radius 1 is 0.485 bits per heavy atom. The highest BCUT2D eigenvalue weighted by Crippen LogP contribution is 2.54.